The molecule has 2 atom stereocenters. The number of aromatic nitrogens is 1. The number of ether oxygens (including phenoxy) is 1. The van der Waals surface area contributed by atoms with Crippen molar-refractivity contribution >= 4 is 17.6 Å². The largest absolute Gasteiger partial charge is 0.497 e. The second kappa shape index (κ2) is 9.82. The van der Waals surface area contributed by atoms with Gasteiger partial charge in [-0.15, -0.1) is 0 Å². The van der Waals surface area contributed by atoms with Crippen LogP contribution in [0.5, 0.6) is 5.75 Å². The highest BCUT2D eigenvalue weighted by molar-refractivity contribution is 5.95. The molecular weight excluding hydrogens is 449 g/mol. The van der Waals surface area contributed by atoms with Gasteiger partial charge in [-0.3, -0.25) is 9.78 Å². The monoisotopic (exact) mass is 470 g/mol. The normalized spacial score (nSPS) is 17.5. The molecule has 1 aliphatic heterocycles. The van der Waals surface area contributed by atoms with E-state index in [0.29, 0.717) is 0 Å². The van der Waals surface area contributed by atoms with Gasteiger partial charge >= 0.3 is 6.03 Å². The Morgan fingerprint density at radius 2 is 1.85 bits per heavy atom. The lowest BCUT2D eigenvalue weighted by molar-refractivity contribution is -0.129. The molecule has 4 rings (SSSR count). The number of nitrogens with one attached hydrogen (secondary N) is 2. The smallest absolute Gasteiger partial charge is 0.319 e. The van der Waals surface area contributed by atoms with Crippen molar-refractivity contribution in [2.45, 2.75) is 18.5 Å². The molecule has 3 amide bonds. The Kier molecular flexibility index (Phi) is 6.67. The first kappa shape index (κ1) is 23.1. The van der Waals surface area contributed by atoms with Gasteiger partial charge in [0, 0.05) is 54.8 Å². The molecule has 3 aromatic rings. The first-order valence-electron chi connectivity index (χ1n) is 10.4. The Balaban J connectivity index is 1.62. The molecule has 1 saturated heterocycles. The van der Waals surface area contributed by atoms with Crippen LogP contribution in [0.15, 0.2) is 60.9 Å². The van der Waals surface area contributed by atoms with Crippen molar-refractivity contribution in [1.29, 1.82) is 0 Å². The van der Waals surface area contributed by atoms with Gasteiger partial charge in [0.1, 0.15) is 29.2 Å². The number of anilines is 1. The van der Waals surface area contributed by atoms with Crippen LogP contribution in [0.2, 0.25) is 0 Å². The molecule has 34 heavy (non-hydrogen) atoms. The fourth-order valence-corrected chi connectivity index (χ4v) is 3.95. The van der Waals surface area contributed by atoms with Crippen LogP contribution in [-0.2, 0) is 11.3 Å². The average Bonchev–Trinajstić information content (AvgIpc) is 3.10. The minimum Gasteiger partial charge on any atom is -0.497 e. The van der Waals surface area contributed by atoms with Crippen LogP contribution in [0.4, 0.5) is 23.7 Å². The zero-order valence-electron chi connectivity index (χ0n) is 18.1. The molecule has 176 valence electrons. The predicted molar refractivity (Wildman–Crippen MR) is 118 cm³/mol. The summed E-state index contributed by atoms with van der Waals surface area (Å²) in [6.07, 6.45) is 3.17. The summed E-state index contributed by atoms with van der Waals surface area (Å²) in [6.45, 7) is 0.121. The molecule has 7 nitrogen and oxygen atoms in total. The van der Waals surface area contributed by atoms with Gasteiger partial charge < -0.3 is 20.3 Å². The van der Waals surface area contributed by atoms with Gasteiger partial charge in [0.05, 0.1) is 7.11 Å². The van der Waals surface area contributed by atoms with Crippen molar-refractivity contribution in [3.05, 3.63) is 89.5 Å². The fraction of sp³-hybridized carbons (Fsp3) is 0.208. The Bertz CT molecular complexity index is 1170. The van der Waals surface area contributed by atoms with Gasteiger partial charge in [0.25, 0.3) is 0 Å². The lowest BCUT2D eigenvalue weighted by Gasteiger charge is -2.20. The van der Waals surface area contributed by atoms with Crippen LogP contribution in [0.1, 0.15) is 17.0 Å². The number of likely N-dealkylation sites (tertiary alicyclic amines) is 1. The van der Waals surface area contributed by atoms with Crippen LogP contribution < -0.4 is 15.4 Å². The zero-order valence-corrected chi connectivity index (χ0v) is 18.1. The molecule has 0 radical (unpaired) electrons. The highest BCUT2D eigenvalue weighted by Crippen LogP contribution is 2.35. The molecule has 0 spiro atoms. The molecule has 2 aromatic carbocycles. The van der Waals surface area contributed by atoms with Gasteiger partial charge in [-0.25, -0.2) is 18.0 Å². The molecule has 1 fully saturated rings. The second-order valence-electron chi connectivity index (χ2n) is 7.77. The van der Waals surface area contributed by atoms with Gasteiger partial charge in [-0.05, 0) is 35.9 Å². The SMILES string of the molecule is COc1cc(F)c([C@@H]2CN(Cc3cccnc3)C(=O)[C@H]2NC(=O)Nc2ccc(F)cc2)c(F)c1. The van der Waals surface area contributed by atoms with Crippen LogP contribution in [0.25, 0.3) is 0 Å². The Labute approximate surface area is 193 Å². The molecule has 0 aliphatic carbocycles. The lowest BCUT2D eigenvalue weighted by Crippen LogP contribution is -2.45. The third kappa shape index (κ3) is 4.95. The van der Waals surface area contributed by atoms with E-state index in [1.54, 1.807) is 24.5 Å². The Morgan fingerprint density at radius 1 is 1.15 bits per heavy atom. The van der Waals surface area contributed by atoms with Crippen molar-refractivity contribution in [3.63, 3.8) is 0 Å². The molecule has 2 heterocycles. The van der Waals surface area contributed by atoms with E-state index in [2.05, 4.69) is 15.6 Å². The predicted octanol–water partition coefficient (Wildman–Crippen LogP) is 3.82. The van der Waals surface area contributed by atoms with Crippen LogP contribution in [-0.4, -0.2) is 41.5 Å². The summed E-state index contributed by atoms with van der Waals surface area (Å²) in [4.78, 5) is 31.3. The van der Waals surface area contributed by atoms with Gasteiger partial charge in [-0.2, -0.15) is 0 Å². The molecule has 0 saturated carbocycles. The number of halogens is 3. The number of pyridine rings is 1. The molecule has 10 heteroatoms. The zero-order chi connectivity index (χ0) is 24.2. The first-order chi connectivity index (χ1) is 16.4. The maximum absolute atomic E-state index is 14.9. The highest BCUT2D eigenvalue weighted by Gasteiger charge is 2.44. The fourth-order valence-electron chi connectivity index (χ4n) is 3.95. The number of hydrogen-bond donors (Lipinski definition) is 2. The van der Waals surface area contributed by atoms with Crippen molar-refractivity contribution in [1.82, 2.24) is 15.2 Å². The summed E-state index contributed by atoms with van der Waals surface area (Å²) >= 11 is 0. The molecule has 1 aliphatic rings. The minimum atomic E-state index is -1.24. The maximum atomic E-state index is 14.9. The van der Waals surface area contributed by atoms with Crippen molar-refractivity contribution in [3.8, 4) is 5.75 Å². The third-order valence-electron chi connectivity index (χ3n) is 5.54. The summed E-state index contributed by atoms with van der Waals surface area (Å²) in [6, 6.07) is 8.55. The Morgan fingerprint density at radius 3 is 2.47 bits per heavy atom. The summed E-state index contributed by atoms with van der Waals surface area (Å²) in [5, 5.41) is 5.02. The molecule has 1 aromatic heterocycles. The van der Waals surface area contributed by atoms with E-state index in [1.807, 2.05) is 0 Å². The molecule has 2 N–H and O–H groups in total. The number of amides is 3. The topological polar surface area (TPSA) is 83.6 Å². The van der Waals surface area contributed by atoms with E-state index >= 15 is 0 Å². The first-order valence-corrected chi connectivity index (χ1v) is 10.4. The summed E-state index contributed by atoms with van der Waals surface area (Å²) in [5.74, 6) is -3.76. The number of carbonyl (C=O) groups excluding carboxylic acids is 2. The van der Waals surface area contributed by atoms with Gasteiger partial charge in [-0.1, -0.05) is 6.07 Å². The van der Waals surface area contributed by atoms with Gasteiger partial charge in [0.2, 0.25) is 5.91 Å². The summed E-state index contributed by atoms with van der Waals surface area (Å²) < 4.78 is 47.8. The number of benzene rings is 2. The van der Waals surface area contributed by atoms with Gasteiger partial charge in [0.15, 0.2) is 0 Å². The number of carbonyl (C=O) groups is 2. The standard InChI is InChI=1S/C24H21F3N4O3/c1-34-17-9-19(26)21(20(27)10-17)18-13-31(12-14-3-2-8-28-11-14)23(32)22(18)30-24(33)29-16-6-4-15(25)5-7-16/h2-11,18,22H,12-13H2,1H3,(H2,29,30,33)/t18-,22-/m0/s1. The molecular formula is C24H21F3N4O3. The van der Waals surface area contributed by atoms with E-state index in [-0.39, 0.29) is 30.1 Å². The van der Waals surface area contributed by atoms with Crippen LogP contribution in [0, 0.1) is 17.5 Å². The van der Waals surface area contributed by atoms with E-state index in [1.165, 1.54) is 24.1 Å². The second-order valence-corrected chi connectivity index (χ2v) is 7.77. The summed E-state index contributed by atoms with van der Waals surface area (Å²) in [5.41, 5.74) is 0.687. The molecule has 0 unspecified atom stereocenters. The number of rotatable bonds is 6. The number of nitrogens with zero attached hydrogens (tertiary/aromatic N) is 2. The minimum absolute atomic E-state index is 0.00569. The maximum Gasteiger partial charge on any atom is 0.319 e. The van der Waals surface area contributed by atoms with Crippen LogP contribution in [0.3, 0.4) is 0 Å². The van der Waals surface area contributed by atoms with E-state index in [4.69, 9.17) is 4.74 Å². The lowest BCUT2D eigenvalue weighted by atomic mass is 9.93. The number of urea groups is 1. The van der Waals surface area contributed by atoms with E-state index in [9.17, 15) is 22.8 Å². The van der Waals surface area contributed by atoms with Crippen molar-refractivity contribution < 1.29 is 27.5 Å². The van der Waals surface area contributed by atoms with Crippen molar-refractivity contribution in [2.24, 2.45) is 0 Å². The van der Waals surface area contributed by atoms with E-state index < -0.39 is 41.3 Å². The van der Waals surface area contributed by atoms with Crippen LogP contribution >= 0.6 is 0 Å². The third-order valence-corrected chi connectivity index (χ3v) is 5.54. The van der Waals surface area contributed by atoms with E-state index in [0.717, 1.165) is 29.8 Å². The number of hydrogen-bond acceptors (Lipinski definition) is 4. The average molecular weight is 470 g/mol. The highest BCUT2D eigenvalue weighted by atomic mass is 19.1. The number of methoxy groups -OCH3 is 1. The quantitative estimate of drug-likeness (QED) is 0.574. The van der Waals surface area contributed by atoms with Crippen molar-refractivity contribution in [2.75, 3.05) is 19.0 Å². The molecule has 0 bridgehead atoms. The Hall–Kier alpha value is -4.08. The summed E-state index contributed by atoms with van der Waals surface area (Å²) in [7, 11) is 1.28.